The van der Waals surface area contributed by atoms with Crippen LogP contribution in [0.1, 0.15) is 96.8 Å². The number of hydrogen-bond acceptors (Lipinski definition) is 4. The van der Waals surface area contributed by atoms with Crippen LogP contribution in [0, 0.1) is 0 Å². The lowest BCUT2D eigenvalue weighted by Gasteiger charge is -2.03. The lowest BCUT2D eigenvalue weighted by atomic mass is 10.0. The molecule has 1 rings (SSSR count). The maximum Gasteiger partial charge on any atom is 0.253 e. The molecule has 0 aromatic heterocycles. The van der Waals surface area contributed by atoms with E-state index in [1.165, 1.54) is 89.8 Å². The summed E-state index contributed by atoms with van der Waals surface area (Å²) in [6.45, 7) is 2.26. The van der Waals surface area contributed by atoms with E-state index in [-0.39, 0.29) is 18.2 Å². The molecule has 1 aliphatic rings. The van der Waals surface area contributed by atoms with Gasteiger partial charge in [-0.25, -0.2) is 0 Å². The fraction of sp³-hybridized carbons (Fsp3) is 0.762. The first-order chi connectivity index (χ1) is 12.5. The standard InChI is InChI=1S/C16H32O2.C5H5NO2/c1-2-3-4-5-6-7-8-9-10-11-12-13-14-15-16(17)18;1-6-4(7)2-3-5(6)8/h2-15H2,1H3,(H,17,18);2-3H,1H3/p-1. The molecule has 5 heteroatoms. The minimum Gasteiger partial charge on any atom is -0.550 e. The van der Waals surface area contributed by atoms with Crippen LogP contribution >= 0.6 is 0 Å². The summed E-state index contributed by atoms with van der Waals surface area (Å²) < 4.78 is 0. The zero-order valence-corrected chi connectivity index (χ0v) is 16.6. The third kappa shape index (κ3) is 14.7. The first-order valence-corrected chi connectivity index (χ1v) is 10.2. The van der Waals surface area contributed by atoms with Gasteiger partial charge in [0.05, 0.1) is 0 Å². The first kappa shape index (κ1) is 24.4. The van der Waals surface area contributed by atoms with Crippen molar-refractivity contribution in [2.45, 2.75) is 96.8 Å². The summed E-state index contributed by atoms with van der Waals surface area (Å²) in [6, 6.07) is 0. The van der Waals surface area contributed by atoms with Crippen molar-refractivity contribution >= 4 is 17.8 Å². The van der Waals surface area contributed by atoms with Crippen molar-refractivity contribution in [3.8, 4) is 0 Å². The summed E-state index contributed by atoms with van der Waals surface area (Å²) in [5.41, 5.74) is 0. The number of nitrogens with zero attached hydrogens (tertiary/aromatic N) is 1. The Balaban J connectivity index is 0.000000642. The Kier molecular flexibility index (Phi) is 15.7. The first-order valence-electron chi connectivity index (χ1n) is 10.2. The second-order valence-electron chi connectivity index (χ2n) is 6.93. The lowest BCUT2D eigenvalue weighted by molar-refractivity contribution is -0.305. The van der Waals surface area contributed by atoms with Crippen molar-refractivity contribution < 1.29 is 19.5 Å². The van der Waals surface area contributed by atoms with Crippen molar-refractivity contribution in [2.75, 3.05) is 7.05 Å². The van der Waals surface area contributed by atoms with E-state index in [1.807, 2.05) is 0 Å². The number of carbonyl (C=O) groups excluding carboxylic acids is 3. The van der Waals surface area contributed by atoms with Gasteiger partial charge in [0.1, 0.15) is 0 Å². The smallest absolute Gasteiger partial charge is 0.253 e. The van der Waals surface area contributed by atoms with E-state index in [0.717, 1.165) is 17.7 Å². The molecule has 1 heterocycles. The zero-order valence-electron chi connectivity index (χ0n) is 16.6. The average Bonchev–Trinajstić information content (AvgIpc) is 2.90. The van der Waals surface area contributed by atoms with Gasteiger partial charge in [-0.1, -0.05) is 84.0 Å². The van der Waals surface area contributed by atoms with E-state index in [0.29, 0.717) is 0 Å². The van der Waals surface area contributed by atoms with Gasteiger partial charge >= 0.3 is 0 Å². The summed E-state index contributed by atoms with van der Waals surface area (Å²) in [5.74, 6) is -1.39. The van der Waals surface area contributed by atoms with Crippen LogP contribution in [0.25, 0.3) is 0 Å². The lowest BCUT2D eigenvalue weighted by Crippen LogP contribution is -2.24. The van der Waals surface area contributed by atoms with Gasteiger partial charge in [-0.2, -0.15) is 0 Å². The van der Waals surface area contributed by atoms with Crippen molar-refractivity contribution in [2.24, 2.45) is 0 Å². The highest BCUT2D eigenvalue weighted by molar-refractivity contribution is 6.12. The molecule has 26 heavy (non-hydrogen) atoms. The van der Waals surface area contributed by atoms with Gasteiger partial charge in [-0.3, -0.25) is 14.5 Å². The summed E-state index contributed by atoms with van der Waals surface area (Å²) in [7, 11) is 1.45. The molecule has 0 radical (unpaired) electrons. The molecule has 0 saturated carbocycles. The Hall–Kier alpha value is -1.65. The molecule has 0 aromatic rings. The molecule has 0 aliphatic carbocycles. The highest BCUT2D eigenvalue weighted by Gasteiger charge is 2.17. The van der Waals surface area contributed by atoms with Crippen molar-refractivity contribution in [1.29, 1.82) is 0 Å². The SMILES string of the molecule is CCCCCCCCCCCCCCCC(=O)[O-].CN1C(=O)C=CC1=O. The Labute approximate surface area is 158 Å². The maximum atomic E-state index is 10.4. The second-order valence-corrected chi connectivity index (χ2v) is 6.93. The molecule has 0 bridgehead atoms. The molecule has 0 fully saturated rings. The number of unbranched alkanes of at least 4 members (excludes halogenated alkanes) is 12. The predicted octanol–water partition coefficient (Wildman–Crippen LogP) is 3.76. The summed E-state index contributed by atoms with van der Waals surface area (Å²) in [6.07, 6.45) is 19.4. The molecule has 0 aromatic carbocycles. The minimum absolute atomic E-state index is 0.234. The van der Waals surface area contributed by atoms with Crippen molar-refractivity contribution in [1.82, 2.24) is 4.90 Å². The Morgan fingerprint density at radius 2 is 1.12 bits per heavy atom. The Morgan fingerprint density at radius 1 is 0.769 bits per heavy atom. The highest BCUT2D eigenvalue weighted by atomic mass is 16.4. The fourth-order valence-electron chi connectivity index (χ4n) is 2.76. The van der Waals surface area contributed by atoms with Crippen molar-refractivity contribution in [3.05, 3.63) is 12.2 Å². The van der Waals surface area contributed by atoms with E-state index in [1.54, 1.807) is 0 Å². The van der Waals surface area contributed by atoms with Crippen LogP contribution in [0.4, 0.5) is 0 Å². The molecule has 0 saturated heterocycles. The van der Waals surface area contributed by atoms with E-state index in [2.05, 4.69) is 6.92 Å². The quantitative estimate of drug-likeness (QED) is 0.346. The third-order valence-corrected chi connectivity index (χ3v) is 4.51. The van der Waals surface area contributed by atoms with E-state index in [9.17, 15) is 19.5 Å². The average molecular weight is 367 g/mol. The molecule has 0 N–H and O–H groups in total. The highest BCUT2D eigenvalue weighted by Crippen LogP contribution is 2.12. The number of hydrogen-bond donors (Lipinski definition) is 0. The third-order valence-electron chi connectivity index (χ3n) is 4.51. The topological polar surface area (TPSA) is 77.5 Å². The summed E-state index contributed by atoms with van der Waals surface area (Å²) in [4.78, 5) is 32.1. The number of carboxylic acids is 1. The van der Waals surface area contributed by atoms with Crippen LogP contribution in [-0.4, -0.2) is 29.7 Å². The van der Waals surface area contributed by atoms with Crippen LogP contribution < -0.4 is 5.11 Å². The Morgan fingerprint density at radius 3 is 1.38 bits per heavy atom. The van der Waals surface area contributed by atoms with Gasteiger partial charge in [0, 0.05) is 25.2 Å². The monoisotopic (exact) mass is 366 g/mol. The number of likely N-dealkylation sites (N-methyl/N-ethyl adjacent to an activating group) is 1. The van der Waals surface area contributed by atoms with E-state index < -0.39 is 5.97 Å². The van der Waals surface area contributed by atoms with Crippen LogP contribution in [-0.2, 0) is 14.4 Å². The molecule has 5 nitrogen and oxygen atoms in total. The minimum atomic E-state index is -0.905. The number of imide groups is 1. The van der Waals surface area contributed by atoms with Crippen LogP contribution in [0.3, 0.4) is 0 Å². The fourth-order valence-corrected chi connectivity index (χ4v) is 2.76. The van der Waals surface area contributed by atoms with Gasteiger partial charge < -0.3 is 9.90 Å². The second kappa shape index (κ2) is 16.8. The van der Waals surface area contributed by atoms with Gasteiger partial charge in [-0.05, 0) is 12.8 Å². The molecular weight excluding hydrogens is 330 g/mol. The number of carbonyl (C=O) groups is 3. The number of carboxylic acid groups (broad SMARTS) is 1. The zero-order chi connectivity index (χ0) is 19.6. The molecule has 0 unspecified atom stereocenters. The van der Waals surface area contributed by atoms with Crippen LogP contribution in [0.2, 0.25) is 0 Å². The summed E-state index contributed by atoms with van der Waals surface area (Å²) in [5, 5.41) is 10.2. The largest absolute Gasteiger partial charge is 0.550 e. The summed E-state index contributed by atoms with van der Waals surface area (Å²) >= 11 is 0. The van der Waals surface area contributed by atoms with Gasteiger partial charge in [-0.15, -0.1) is 0 Å². The van der Waals surface area contributed by atoms with Gasteiger partial charge in [0.25, 0.3) is 11.8 Å². The molecule has 0 spiro atoms. The number of amides is 2. The Bertz CT molecular complexity index is 414. The normalized spacial score (nSPS) is 13.1. The van der Waals surface area contributed by atoms with Gasteiger partial charge in [0.15, 0.2) is 0 Å². The van der Waals surface area contributed by atoms with Crippen molar-refractivity contribution in [3.63, 3.8) is 0 Å². The van der Waals surface area contributed by atoms with Crippen LogP contribution in [0.15, 0.2) is 12.2 Å². The van der Waals surface area contributed by atoms with E-state index >= 15 is 0 Å². The molecular formula is C21H36NO4-. The number of aliphatic carboxylic acids is 1. The van der Waals surface area contributed by atoms with Crippen LogP contribution in [0.5, 0.6) is 0 Å². The molecule has 150 valence electrons. The van der Waals surface area contributed by atoms with E-state index in [4.69, 9.17) is 0 Å². The maximum absolute atomic E-state index is 10.4. The molecule has 0 atom stereocenters. The predicted molar refractivity (Wildman–Crippen MR) is 102 cm³/mol. The molecule has 1 aliphatic heterocycles. The molecule has 2 amide bonds. The number of rotatable bonds is 14. The van der Waals surface area contributed by atoms with Gasteiger partial charge in [0.2, 0.25) is 0 Å².